The fourth-order valence-corrected chi connectivity index (χ4v) is 2.49. The lowest BCUT2D eigenvalue weighted by Gasteiger charge is -2.36. The molecule has 1 aliphatic heterocycles. The molecule has 2 heterocycles. The maximum atomic E-state index is 5.63. The Morgan fingerprint density at radius 2 is 2.13 bits per heavy atom. The highest BCUT2D eigenvalue weighted by atomic mass is 16.3. The Hall–Kier alpha value is -0.760. The third-order valence-corrected chi connectivity index (χ3v) is 3.19. The van der Waals surface area contributed by atoms with E-state index in [1.54, 1.807) is 0 Å². The summed E-state index contributed by atoms with van der Waals surface area (Å²) in [7, 11) is 0. The van der Waals surface area contributed by atoms with Gasteiger partial charge >= 0.3 is 0 Å². The predicted octanol–water partition coefficient (Wildman–Crippen LogP) is 3.52. The lowest BCUT2D eigenvalue weighted by Crippen LogP contribution is -2.40. The first-order valence-electron chi connectivity index (χ1n) is 5.80. The summed E-state index contributed by atoms with van der Waals surface area (Å²) in [6.07, 6.45) is 4.36. The molecule has 1 aromatic rings. The molecule has 2 nitrogen and oxygen atoms in total. The number of hydrogen-bond acceptors (Lipinski definition) is 2. The van der Waals surface area contributed by atoms with Crippen molar-refractivity contribution in [1.29, 1.82) is 0 Å². The molecule has 0 aliphatic carbocycles. The fraction of sp³-hybridized carbons (Fsp3) is 0.692. The summed E-state index contributed by atoms with van der Waals surface area (Å²) in [6.45, 7) is 10.1. The molecule has 84 valence electrons. The number of aryl methyl sites for hydroxylation is 1. The second kappa shape index (κ2) is 3.67. The van der Waals surface area contributed by atoms with Crippen LogP contribution in [0.3, 0.4) is 0 Å². The van der Waals surface area contributed by atoms with Gasteiger partial charge in [0, 0.05) is 5.54 Å². The molecule has 0 spiro atoms. The van der Waals surface area contributed by atoms with Gasteiger partial charge in [-0.2, -0.15) is 0 Å². The first kappa shape index (κ1) is 10.7. The number of hydrogen-bond donors (Lipinski definition) is 0. The molecule has 1 unspecified atom stereocenters. The topological polar surface area (TPSA) is 16.4 Å². The second-order valence-electron chi connectivity index (χ2n) is 5.55. The van der Waals surface area contributed by atoms with E-state index >= 15 is 0 Å². The highest BCUT2D eigenvalue weighted by Gasteiger charge is 2.35. The zero-order valence-electron chi connectivity index (χ0n) is 10.2. The number of likely N-dealkylation sites (tertiary alicyclic amines) is 1. The quantitative estimate of drug-likeness (QED) is 0.700. The molecule has 0 radical (unpaired) electrons. The summed E-state index contributed by atoms with van der Waals surface area (Å²) >= 11 is 0. The first-order valence-corrected chi connectivity index (χ1v) is 5.80. The Bertz CT molecular complexity index is 335. The van der Waals surface area contributed by atoms with Gasteiger partial charge < -0.3 is 4.42 Å². The SMILES string of the molecule is Cc1coc(C2CCCN2C(C)(C)C)c1. The van der Waals surface area contributed by atoms with Gasteiger partial charge in [0.1, 0.15) is 5.76 Å². The molecule has 0 amide bonds. The number of rotatable bonds is 1. The van der Waals surface area contributed by atoms with Crippen LogP contribution in [0.2, 0.25) is 0 Å². The minimum Gasteiger partial charge on any atom is -0.467 e. The average Bonchev–Trinajstić information content (AvgIpc) is 2.68. The van der Waals surface area contributed by atoms with Gasteiger partial charge in [-0.05, 0) is 58.7 Å². The number of furan rings is 1. The fourth-order valence-electron chi connectivity index (χ4n) is 2.49. The Morgan fingerprint density at radius 3 is 2.67 bits per heavy atom. The minimum atomic E-state index is 0.238. The normalized spacial score (nSPS) is 23.6. The molecule has 15 heavy (non-hydrogen) atoms. The van der Waals surface area contributed by atoms with E-state index in [0.29, 0.717) is 6.04 Å². The van der Waals surface area contributed by atoms with Gasteiger partial charge in [-0.25, -0.2) is 0 Å². The summed E-state index contributed by atoms with van der Waals surface area (Å²) in [5, 5.41) is 0. The summed E-state index contributed by atoms with van der Waals surface area (Å²) in [4.78, 5) is 2.55. The van der Waals surface area contributed by atoms with E-state index in [1.807, 2.05) is 6.26 Å². The van der Waals surface area contributed by atoms with Crippen molar-refractivity contribution in [2.45, 2.75) is 52.1 Å². The van der Waals surface area contributed by atoms with Crippen molar-refractivity contribution in [2.24, 2.45) is 0 Å². The van der Waals surface area contributed by atoms with Crippen LogP contribution >= 0.6 is 0 Å². The molecule has 0 saturated carbocycles. The van der Waals surface area contributed by atoms with Crippen LogP contribution in [0.15, 0.2) is 16.7 Å². The van der Waals surface area contributed by atoms with Crippen LogP contribution in [-0.4, -0.2) is 17.0 Å². The molecule has 2 heteroatoms. The highest BCUT2D eigenvalue weighted by Crippen LogP contribution is 2.37. The van der Waals surface area contributed by atoms with Gasteiger partial charge in [-0.1, -0.05) is 0 Å². The smallest absolute Gasteiger partial charge is 0.121 e. The second-order valence-corrected chi connectivity index (χ2v) is 5.55. The van der Waals surface area contributed by atoms with Gasteiger partial charge in [-0.3, -0.25) is 4.90 Å². The Labute approximate surface area is 92.3 Å². The number of nitrogens with zero attached hydrogens (tertiary/aromatic N) is 1. The zero-order valence-corrected chi connectivity index (χ0v) is 10.2. The van der Waals surface area contributed by atoms with Gasteiger partial charge in [0.15, 0.2) is 0 Å². The van der Waals surface area contributed by atoms with Crippen LogP contribution in [0.5, 0.6) is 0 Å². The van der Waals surface area contributed by atoms with Crippen molar-refractivity contribution in [3.63, 3.8) is 0 Å². The van der Waals surface area contributed by atoms with E-state index in [0.717, 1.165) is 5.76 Å². The molecule has 1 aliphatic rings. The summed E-state index contributed by atoms with van der Waals surface area (Å²) < 4.78 is 5.63. The van der Waals surface area contributed by atoms with E-state index in [9.17, 15) is 0 Å². The lowest BCUT2D eigenvalue weighted by atomic mass is 10.0. The molecule has 1 atom stereocenters. The van der Waals surface area contributed by atoms with Crippen LogP contribution < -0.4 is 0 Å². The first-order chi connectivity index (χ1) is 6.98. The predicted molar refractivity (Wildman–Crippen MR) is 61.9 cm³/mol. The molecule has 0 bridgehead atoms. The summed E-state index contributed by atoms with van der Waals surface area (Å²) in [6, 6.07) is 2.66. The van der Waals surface area contributed by atoms with Crippen molar-refractivity contribution in [1.82, 2.24) is 4.90 Å². The third-order valence-electron chi connectivity index (χ3n) is 3.19. The van der Waals surface area contributed by atoms with Crippen LogP contribution in [0, 0.1) is 6.92 Å². The van der Waals surface area contributed by atoms with Gasteiger partial charge in [0.05, 0.1) is 12.3 Å². The van der Waals surface area contributed by atoms with Crippen molar-refractivity contribution in [3.8, 4) is 0 Å². The monoisotopic (exact) mass is 207 g/mol. The van der Waals surface area contributed by atoms with Crippen LogP contribution in [0.25, 0.3) is 0 Å². The molecule has 2 rings (SSSR count). The molecule has 1 aromatic heterocycles. The zero-order chi connectivity index (χ0) is 11.1. The van der Waals surface area contributed by atoms with Gasteiger partial charge in [-0.15, -0.1) is 0 Å². The van der Waals surface area contributed by atoms with Crippen molar-refractivity contribution in [3.05, 3.63) is 23.7 Å². The van der Waals surface area contributed by atoms with Crippen LogP contribution in [-0.2, 0) is 0 Å². The third kappa shape index (κ3) is 2.10. The molecule has 1 saturated heterocycles. The Balaban J connectivity index is 2.22. The Morgan fingerprint density at radius 1 is 1.40 bits per heavy atom. The van der Waals surface area contributed by atoms with Gasteiger partial charge in [0.2, 0.25) is 0 Å². The maximum Gasteiger partial charge on any atom is 0.121 e. The Kier molecular flexibility index (Phi) is 2.63. The van der Waals surface area contributed by atoms with E-state index < -0.39 is 0 Å². The van der Waals surface area contributed by atoms with Crippen LogP contribution in [0.1, 0.15) is 51.0 Å². The molecule has 0 aromatic carbocycles. The van der Waals surface area contributed by atoms with E-state index in [1.165, 1.54) is 24.9 Å². The molecule has 0 N–H and O–H groups in total. The summed E-state index contributed by atoms with van der Waals surface area (Å²) in [5.41, 5.74) is 1.47. The molecular formula is C13H21NO. The van der Waals surface area contributed by atoms with E-state index in [-0.39, 0.29) is 5.54 Å². The van der Waals surface area contributed by atoms with Crippen molar-refractivity contribution >= 4 is 0 Å². The van der Waals surface area contributed by atoms with Crippen LogP contribution in [0.4, 0.5) is 0 Å². The molecule has 1 fully saturated rings. The van der Waals surface area contributed by atoms with Crippen molar-refractivity contribution < 1.29 is 4.42 Å². The highest BCUT2D eigenvalue weighted by molar-refractivity contribution is 5.15. The molecular weight excluding hydrogens is 186 g/mol. The average molecular weight is 207 g/mol. The minimum absolute atomic E-state index is 0.238. The maximum absolute atomic E-state index is 5.63. The van der Waals surface area contributed by atoms with E-state index in [2.05, 4.69) is 38.7 Å². The lowest BCUT2D eigenvalue weighted by molar-refractivity contribution is 0.109. The van der Waals surface area contributed by atoms with E-state index in [4.69, 9.17) is 4.42 Å². The van der Waals surface area contributed by atoms with Gasteiger partial charge in [0.25, 0.3) is 0 Å². The summed E-state index contributed by atoms with van der Waals surface area (Å²) in [5.74, 6) is 1.14. The van der Waals surface area contributed by atoms with Crippen molar-refractivity contribution in [2.75, 3.05) is 6.54 Å². The standard InChI is InChI=1S/C13H21NO/c1-10-8-12(15-9-10)11-6-5-7-14(11)13(2,3)4/h8-9,11H,5-7H2,1-4H3. The largest absolute Gasteiger partial charge is 0.467 e.